The van der Waals surface area contributed by atoms with Gasteiger partial charge < -0.3 is 25.0 Å². The van der Waals surface area contributed by atoms with E-state index >= 15 is 0 Å². The number of rotatable bonds is 13. The van der Waals surface area contributed by atoms with Crippen LogP contribution in [0, 0.1) is 5.41 Å². The zero-order valence-corrected chi connectivity index (χ0v) is 19.5. The fourth-order valence-corrected chi connectivity index (χ4v) is 4.24. The van der Waals surface area contributed by atoms with Gasteiger partial charge in [0.2, 0.25) is 0 Å². The van der Waals surface area contributed by atoms with Gasteiger partial charge in [-0.15, -0.1) is 0 Å². The highest BCUT2D eigenvalue weighted by molar-refractivity contribution is 5.79. The summed E-state index contributed by atoms with van der Waals surface area (Å²) in [6.07, 6.45) is 6.27. The number of hydrogen-bond donors (Lipinski definition) is 2. The molecule has 170 valence electrons. The largest absolute Gasteiger partial charge is 0.492 e. The lowest BCUT2D eigenvalue weighted by molar-refractivity contribution is 0.138. The monoisotopic (exact) mass is 418 g/mol. The summed E-state index contributed by atoms with van der Waals surface area (Å²) in [5, 5.41) is 7.02. The molecular formula is C24H42N4O2. The van der Waals surface area contributed by atoms with Crippen LogP contribution >= 0.6 is 0 Å². The van der Waals surface area contributed by atoms with E-state index in [0.717, 1.165) is 56.5 Å². The van der Waals surface area contributed by atoms with Crippen molar-refractivity contribution in [1.29, 1.82) is 0 Å². The Hall–Kier alpha value is -1.79. The molecule has 1 aromatic rings. The molecule has 6 heteroatoms. The Balaban J connectivity index is 1.86. The molecule has 0 saturated heterocycles. The maximum Gasteiger partial charge on any atom is 0.191 e. The van der Waals surface area contributed by atoms with E-state index < -0.39 is 0 Å². The standard InChI is InChI=1S/C24H42N4O2/c1-5-28(6-2)16-18-30-22-12-8-7-11-21(22)19-26-23(25-3)27-20-24(15-17-29-4)13-9-10-14-24/h7-8,11-12H,5-6,9-10,13-20H2,1-4H3,(H2,25,26,27). The maximum absolute atomic E-state index is 6.08. The highest BCUT2D eigenvalue weighted by Gasteiger charge is 2.33. The lowest BCUT2D eigenvalue weighted by Crippen LogP contribution is -2.43. The number of methoxy groups -OCH3 is 1. The molecule has 0 heterocycles. The second-order valence-electron chi connectivity index (χ2n) is 8.21. The van der Waals surface area contributed by atoms with E-state index in [2.05, 4.69) is 46.5 Å². The first-order chi connectivity index (χ1) is 14.7. The van der Waals surface area contributed by atoms with Crippen molar-refractivity contribution in [2.24, 2.45) is 10.4 Å². The Kier molecular flexibility index (Phi) is 11.0. The summed E-state index contributed by atoms with van der Waals surface area (Å²) >= 11 is 0. The zero-order valence-electron chi connectivity index (χ0n) is 19.5. The first-order valence-electron chi connectivity index (χ1n) is 11.5. The molecule has 30 heavy (non-hydrogen) atoms. The summed E-state index contributed by atoms with van der Waals surface area (Å²) in [6.45, 7) is 10.6. The minimum atomic E-state index is 0.332. The van der Waals surface area contributed by atoms with Crippen LogP contribution in [-0.4, -0.2) is 64.4 Å². The molecule has 0 atom stereocenters. The second-order valence-corrected chi connectivity index (χ2v) is 8.21. The molecule has 0 spiro atoms. The van der Waals surface area contributed by atoms with Crippen molar-refractivity contribution in [3.8, 4) is 5.75 Å². The highest BCUT2D eigenvalue weighted by atomic mass is 16.5. The van der Waals surface area contributed by atoms with E-state index in [1.54, 1.807) is 7.11 Å². The van der Waals surface area contributed by atoms with Gasteiger partial charge in [-0.25, -0.2) is 0 Å². The molecule has 1 aliphatic carbocycles. The minimum Gasteiger partial charge on any atom is -0.492 e. The molecule has 0 bridgehead atoms. The predicted octanol–water partition coefficient (Wildman–Crippen LogP) is 3.67. The smallest absolute Gasteiger partial charge is 0.191 e. The summed E-state index contributed by atoms with van der Waals surface area (Å²) in [5.74, 6) is 1.79. The van der Waals surface area contributed by atoms with E-state index in [1.807, 2.05) is 19.2 Å². The first-order valence-corrected chi connectivity index (χ1v) is 11.5. The number of likely N-dealkylation sites (N-methyl/N-ethyl adjacent to an activating group) is 1. The van der Waals surface area contributed by atoms with Gasteiger partial charge in [0.15, 0.2) is 5.96 Å². The van der Waals surface area contributed by atoms with E-state index in [4.69, 9.17) is 9.47 Å². The maximum atomic E-state index is 6.08. The summed E-state index contributed by atoms with van der Waals surface area (Å²) in [4.78, 5) is 6.80. The second kappa shape index (κ2) is 13.5. The van der Waals surface area contributed by atoms with Gasteiger partial charge in [-0.05, 0) is 43.8 Å². The van der Waals surface area contributed by atoms with Crippen molar-refractivity contribution in [1.82, 2.24) is 15.5 Å². The summed E-state index contributed by atoms with van der Waals surface area (Å²) < 4.78 is 11.4. The molecule has 1 fully saturated rings. The number of para-hydroxylation sites is 1. The molecule has 0 aromatic heterocycles. The number of nitrogens with one attached hydrogen (secondary N) is 2. The predicted molar refractivity (Wildman–Crippen MR) is 125 cm³/mol. The normalized spacial score (nSPS) is 16.1. The van der Waals surface area contributed by atoms with Crippen LogP contribution in [0.1, 0.15) is 51.5 Å². The summed E-state index contributed by atoms with van der Waals surface area (Å²) in [7, 11) is 3.62. The molecule has 0 aliphatic heterocycles. The summed E-state index contributed by atoms with van der Waals surface area (Å²) in [6, 6.07) is 8.25. The minimum absolute atomic E-state index is 0.332. The average Bonchev–Trinajstić information content (AvgIpc) is 3.25. The van der Waals surface area contributed by atoms with Crippen molar-refractivity contribution in [3.05, 3.63) is 29.8 Å². The first kappa shape index (κ1) is 24.5. The lowest BCUT2D eigenvalue weighted by Gasteiger charge is -2.30. The molecule has 2 N–H and O–H groups in total. The number of guanidine groups is 1. The Bertz CT molecular complexity index is 625. The van der Waals surface area contributed by atoms with Crippen LogP contribution in [-0.2, 0) is 11.3 Å². The van der Waals surface area contributed by atoms with Gasteiger partial charge in [-0.2, -0.15) is 0 Å². The van der Waals surface area contributed by atoms with Crippen LogP contribution in [0.5, 0.6) is 5.75 Å². The van der Waals surface area contributed by atoms with Gasteiger partial charge >= 0.3 is 0 Å². The highest BCUT2D eigenvalue weighted by Crippen LogP contribution is 2.40. The molecule has 1 aromatic carbocycles. The van der Waals surface area contributed by atoms with Gasteiger partial charge in [0.05, 0.1) is 0 Å². The molecule has 0 radical (unpaired) electrons. The van der Waals surface area contributed by atoms with Crippen LogP contribution in [0.3, 0.4) is 0 Å². The molecule has 2 rings (SSSR count). The van der Waals surface area contributed by atoms with Gasteiger partial charge in [-0.1, -0.05) is 44.9 Å². The molecule has 1 aliphatic rings. The third kappa shape index (κ3) is 7.80. The number of hydrogen-bond acceptors (Lipinski definition) is 4. The van der Waals surface area contributed by atoms with E-state index in [-0.39, 0.29) is 0 Å². The van der Waals surface area contributed by atoms with Gasteiger partial charge in [0.1, 0.15) is 12.4 Å². The fraction of sp³-hybridized carbons (Fsp3) is 0.708. The van der Waals surface area contributed by atoms with Crippen molar-refractivity contribution >= 4 is 5.96 Å². The molecule has 0 unspecified atom stereocenters. The molecule has 1 saturated carbocycles. The van der Waals surface area contributed by atoms with Crippen LogP contribution < -0.4 is 15.4 Å². The molecule has 0 amide bonds. The topological polar surface area (TPSA) is 58.1 Å². The van der Waals surface area contributed by atoms with Gasteiger partial charge in [0.25, 0.3) is 0 Å². The summed E-state index contributed by atoms with van der Waals surface area (Å²) in [5.41, 5.74) is 1.48. The van der Waals surface area contributed by atoms with Crippen LogP contribution in [0.4, 0.5) is 0 Å². The van der Waals surface area contributed by atoms with Crippen molar-refractivity contribution in [2.45, 2.75) is 52.5 Å². The number of ether oxygens (including phenoxy) is 2. The number of benzene rings is 1. The zero-order chi connectivity index (χ0) is 21.7. The van der Waals surface area contributed by atoms with E-state index in [1.165, 1.54) is 25.7 Å². The third-order valence-corrected chi connectivity index (χ3v) is 6.33. The van der Waals surface area contributed by atoms with Crippen LogP contribution in [0.25, 0.3) is 0 Å². The third-order valence-electron chi connectivity index (χ3n) is 6.33. The lowest BCUT2D eigenvalue weighted by atomic mass is 9.83. The Morgan fingerprint density at radius 2 is 1.83 bits per heavy atom. The SMILES string of the molecule is CCN(CC)CCOc1ccccc1CNC(=NC)NCC1(CCOC)CCCC1. The molecule has 6 nitrogen and oxygen atoms in total. The van der Waals surface area contributed by atoms with Crippen molar-refractivity contribution in [2.75, 3.05) is 53.6 Å². The van der Waals surface area contributed by atoms with E-state index in [9.17, 15) is 0 Å². The number of aliphatic imine (C=N–C) groups is 1. The van der Waals surface area contributed by atoms with Crippen LogP contribution in [0.2, 0.25) is 0 Å². The number of nitrogens with zero attached hydrogens (tertiary/aromatic N) is 2. The quantitative estimate of drug-likeness (QED) is 0.378. The Morgan fingerprint density at radius 3 is 2.50 bits per heavy atom. The van der Waals surface area contributed by atoms with Crippen molar-refractivity contribution in [3.63, 3.8) is 0 Å². The molecular weight excluding hydrogens is 376 g/mol. The fourth-order valence-electron chi connectivity index (χ4n) is 4.24. The average molecular weight is 419 g/mol. The van der Waals surface area contributed by atoms with Gasteiger partial charge in [-0.3, -0.25) is 4.99 Å². The van der Waals surface area contributed by atoms with E-state index in [0.29, 0.717) is 18.6 Å². The van der Waals surface area contributed by atoms with Crippen molar-refractivity contribution < 1.29 is 9.47 Å². The van der Waals surface area contributed by atoms with Gasteiger partial charge in [0, 0.05) is 46.0 Å². The Morgan fingerprint density at radius 1 is 1.10 bits per heavy atom. The Labute approximate surface area is 183 Å². The van der Waals surface area contributed by atoms with Crippen LogP contribution in [0.15, 0.2) is 29.3 Å².